The number of carbonyl (C=O) groups is 1. The summed E-state index contributed by atoms with van der Waals surface area (Å²) in [5.41, 5.74) is -1.50. The van der Waals surface area contributed by atoms with Gasteiger partial charge in [0.05, 0.1) is 13.2 Å². The number of benzene rings is 1. The summed E-state index contributed by atoms with van der Waals surface area (Å²) in [7, 11) is 0. The summed E-state index contributed by atoms with van der Waals surface area (Å²) >= 11 is 0. The number of aromatic hydroxyl groups is 1. The van der Waals surface area contributed by atoms with Gasteiger partial charge in [0, 0.05) is 0 Å². The fourth-order valence-electron chi connectivity index (χ4n) is 1.66. The van der Waals surface area contributed by atoms with Crippen LogP contribution in [0.25, 0.3) is 0 Å². The Morgan fingerprint density at radius 3 is 2.55 bits per heavy atom. The topological polar surface area (TPSA) is 58.6 Å². The lowest BCUT2D eigenvalue weighted by Gasteiger charge is -2.29. The molecule has 0 aromatic heterocycles. The molecule has 1 unspecified atom stereocenters. The van der Waals surface area contributed by atoms with Gasteiger partial charge in [-0.3, -0.25) is 5.32 Å². The first-order valence-corrected chi connectivity index (χ1v) is 5.97. The summed E-state index contributed by atoms with van der Waals surface area (Å²) in [4.78, 5) is 12.0. The maximum absolute atomic E-state index is 12.4. The van der Waals surface area contributed by atoms with E-state index in [1.807, 2.05) is 0 Å². The molecule has 0 saturated heterocycles. The van der Waals surface area contributed by atoms with Crippen molar-refractivity contribution in [2.24, 2.45) is 0 Å². The number of hydrogen-bond acceptors (Lipinski definition) is 4. The number of phenolic OH excluding ortho intramolecular Hbond substituents is 1. The van der Waals surface area contributed by atoms with Crippen LogP contribution in [0.15, 0.2) is 24.3 Å². The fourth-order valence-corrected chi connectivity index (χ4v) is 1.66. The van der Waals surface area contributed by atoms with Crippen LogP contribution in [0.4, 0.5) is 13.2 Å². The molecule has 0 bridgehead atoms. The van der Waals surface area contributed by atoms with Gasteiger partial charge in [-0.25, -0.2) is 4.79 Å². The van der Waals surface area contributed by atoms with E-state index in [9.17, 15) is 23.1 Å². The van der Waals surface area contributed by atoms with E-state index in [1.165, 1.54) is 31.2 Å². The van der Waals surface area contributed by atoms with Crippen LogP contribution in [0, 0.1) is 0 Å². The third-order valence-corrected chi connectivity index (χ3v) is 2.75. The number of carbonyl (C=O) groups excluding carboxylic acids is 1. The highest BCUT2D eigenvalue weighted by molar-refractivity contribution is 5.82. The number of nitrogens with one attached hydrogen (secondary N) is 1. The average Bonchev–Trinajstić information content (AvgIpc) is 2.35. The second-order valence-electron chi connectivity index (χ2n) is 4.36. The molecule has 112 valence electrons. The summed E-state index contributed by atoms with van der Waals surface area (Å²) < 4.78 is 41.9. The van der Waals surface area contributed by atoms with Gasteiger partial charge in [0.2, 0.25) is 0 Å². The van der Waals surface area contributed by atoms with Gasteiger partial charge in [-0.1, -0.05) is 12.1 Å². The van der Waals surface area contributed by atoms with E-state index in [-0.39, 0.29) is 17.9 Å². The van der Waals surface area contributed by atoms with Gasteiger partial charge >= 0.3 is 12.1 Å². The van der Waals surface area contributed by atoms with Crippen molar-refractivity contribution in [1.82, 2.24) is 5.32 Å². The second-order valence-corrected chi connectivity index (χ2v) is 4.36. The lowest BCUT2D eigenvalue weighted by atomic mass is 9.91. The highest BCUT2D eigenvalue weighted by Gasteiger charge is 2.40. The molecule has 2 N–H and O–H groups in total. The summed E-state index contributed by atoms with van der Waals surface area (Å²) in [6.45, 7) is 1.54. The van der Waals surface area contributed by atoms with Crippen molar-refractivity contribution >= 4 is 5.97 Å². The van der Waals surface area contributed by atoms with E-state index >= 15 is 0 Å². The van der Waals surface area contributed by atoms with E-state index in [0.717, 1.165) is 0 Å². The third-order valence-electron chi connectivity index (χ3n) is 2.75. The van der Waals surface area contributed by atoms with E-state index in [4.69, 9.17) is 4.74 Å². The molecular formula is C13H16F3NO3. The fraction of sp³-hybridized carbons (Fsp3) is 0.462. The van der Waals surface area contributed by atoms with Crippen LogP contribution >= 0.6 is 0 Å². The minimum atomic E-state index is -4.47. The molecule has 0 aliphatic carbocycles. The van der Waals surface area contributed by atoms with Crippen LogP contribution in [0.1, 0.15) is 19.4 Å². The largest absolute Gasteiger partial charge is 0.508 e. The zero-order valence-electron chi connectivity index (χ0n) is 11.1. The first-order valence-electron chi connectivity index (χ1n) is 5.97. The highest BCUT2D eigenvalue weighted by Crippen LogP contribution is 2.27. The van der Waals surface area contributed by atoms with Gasteiger partial charge in [0.25, 0.3) is 0 Å². The lowest BCUT2D eigenvalue weighted by Crippen LogP contribution is -2.50. The minimum Gasteiger partial charge on any atom is -0.508 e. The van der Waals surface area contributed by atoms with E-state index in [0.29, 0.717) is 0 Å². The van der Waals surface area contributed by atoms with Crippen molar-refractivity contribution in [3.8, 4) is 5.75 Å². The van der Waals surface area contributed by atoms with Gasteiger partial charge < -0.3 is 9.84 Å². The Bertz CT molecular complexity index is 476. The molecule has 0 aliphatic rings. The van der Waals surface area contributed by atoms with Crippen LogP contribution in [0.5, 0.6) is 5.75 Å². The Hall–Kier alpha value is -1.76. The van der Waals surface area contributed by atoms with Crippen LogP contribution in [0.3, 0.4) is 0 Å². The Balaban J connectivity index is 3.09. The number of hydrogen-bond donors (Lipinski definition) is 2. The Labute approximate surface area is 114 Å². The van der Waals surface area contributed by atoms with E-state index in [2.05, 4.69) is 5.32 Å². The first kappa shape index (κ1) is 16.3. The van der Waals surface area contributed by atoms with Gasteiger partial charge in [0.15, 0.2) is 0 Å². The number of phenols is 1. The molecule has 1 aromatic carbocycles. The Kier molecular flexibility index (Phi) is 4.99. The smallest absolute Gasteiger partial charge is 0.401 e. The number of halogens is 3. The molecule has 0 radical (unpaired) electrons. The molecule has 1 atom stereocenters. The maximum Gasteiger partial charge on any atom is 0.401 e. The molecule has 0 fully saturated rings. The molecule has 0 saturated carbocycles. The molecule has 4 nitrogen and oxygen atoms in total. The molecule has 1 aromatic rings. The first-order chi connectivity index (χ1) is 9.19. The molecule has 1 rings (SSSR count). The third kappa shape index (κ3) is 4.12. The number of alkyl halides is 3. The number of esters is 1. The van der Waals surface area contributed by atoms with Gasteiger partial charge in [0.1, 0.15) is 11.3 Å². The van der Waals surface area contributed by atoms with Gasteiger partial charge in [-0.05, 0) is 31.5 Å². The van der Waals surface area contributed by atoms with Crippen LogP contribution in [0.2, 0.25) is 0 Å². The second kappa shape index (κ2) is 6.13. The SMILES string of the molecule is CCOC(=O)C(C)(NCC(F)(F)F)c1cccc(O)c1. The predicted octanol–water partition coefficient (Wildman–Crippen LogP) is 2.32. The monoisotopic (exact) mass is 291 g/mol. The van der Waals surface area contributed by atoms with Crippen molar-refractivity contribution in [1.29, 1.82) is 0 Å². The lowest BCUT2D eigenvalue weighted by molar-refractivity contribution is -0.155. The summed E-state index contributed by atoms with van der Waals surface area (Å²) in [5.74, 6) is -0.985. The summed E-state index contributed by atoms with van der Waals surface area (Å²) in [6.07, 6.45) is -4.47. The molecule has 7 heteroatoms. The molecule has 0 spiro atoms. The molecular weight excluding hydrogens is 275 g/mol. The standard InChI is InChI=1S/C13H16F3NO3/c1-3-20-11(19)12(2,17-8-13(14,15)16)9-5-4-6-10(18)7-9/h4-7,17-18H,3,8H2,1-2H3. The van der Waals surface area contributed by atoms with Crippen molar-refractivity contribution in [2.45, 2.75) is 25.6 Å². The Morgan fingerprint density at radius 2 is 2.05 bits per heavy atom. The molecule has 0 amide bonds. The van der Waals surface area contributed by atoms with Crippen LogP contribution < -0.4 is 5.32 Å². The zero-order valence-corrected chi connectivity index (χ0v) is 11.1. The molecule has 0 aliphatic heterocycles. The van der Waals surface area contributed by atoms with Crippen LogP contribution in [-0.4, -0.2) is 30.4 Å². The van der Waals surface area contributed by atoms with Crippen LogP contribution in [-0.2, 0) is 15.1 Å². The van der Waals surface area contributed by atoms with Crippen molar-refractivity contribution < 1.29 is 27.8 Å². The minimum absolute atomic E-state index is 0.0426. The number of ether oxygens (including phenoxy) is 1. The van der Waals surface area contributed by atoms with Crippen molar-refractivity contribution in [3.05, 3.63) is 29.8 Å². The highest BCUT2D eigenvalue weighted by atomic mass is 19.4. The van der Waals surface area contributed by atoms with E-state index < -0.39 is 24.2 Å². The van der Waals surface area contributed by atoms with E-state index in [1.54, 1.807) is 6.92 Å². The normalized spacial score (nSPS) is 14.7. The zero-order chi connectivity index (χ0) is 15.4. The molecule has 20 heavy (non-hydrogen) atoms. The average molecular weight is 291 g/mol. The van der Waals surface area contributed by atoms with Crippen molar-refractivity contribution in [2.75, 3.05) is 13.2 Å². The Morgan fingerprint density at radius 1 is 1.40 bits per heavy atom. The maximum atomic E-state index is 12.4. The quantitative estimate of drug-likeness (QED) is 0.817. The predicted molar refractivity (Wildman–Crippen MR) is 66.1 cm³/mol. The summed E-state index contributed by atoms with van der Waals surface area (Å²) in [5, 5.41) is 11.6. The summed E-state index contributed by atoms with van der Waals surface area (Å²) in [6, 6.07) is 5.47. The number of rotatable bonds is 5. The molecule has 0 heterocycles. The van der Waals surface area contributed by atoms with Gasteiger partial charge in [-0.15, -0.1) is 0 Å². The van der Waals surface area contributed by atoms with Gasteiger partial charge in [-0.2, -0.15) is 13.2 Å². The van der Waals surface area contributed by atoms with Crippen molar-refractivity contribution in [3.63, 3.8) is 0 Å².